The second kappa shape index (κ2) is 11.2. The molecule has 8 heteroatoms. The number of rotatable bonds is 8. The van der Waals surface area contributed by atoms with Gasteiger partial charge in [-0.25, -0.2) is 9.59 Å². The van der Waals surface area contributed by atoms with Gasteiger partial charge in [0.25, 0.3) is 0 Å². The summed E-state index contributed by atoms with van der Waals surface area (Å²) in [6, 6.07) is 13.0. The summed E-state index contributed by atoms with van der Waals surface area (Å²) in [5.74, 6) is -1.24. The van der Waals surface area contributed by atoms with E-state index in [1.807, 2.05) is 30.3 Å². The molecule has 0 radical (unpaired) electrons. The van der Waals surface area contributed by atoms with E-state index in [1.54, 1.807) is 20.8 Å². The number of carbonyl (C=O) groups excluding carboxylic acids is 3. The van der Waals surface area contributed by atoms with Gasteiger partial charge < -0.3 is 14.8 Å². The Bertz CT molecular complexity index is 925. The van der Waals surface area contributed by atoms with Gasteiger partial charge in [0.2, 0.25) is 0 Å². The largest absolute Gasteiger partial charge is 0.454 e. The number of amides is 1. The molecule has 0 aliphatic carbocycles. The maximum atomic E-state index is 12.7. The van der Waals surface area contributed by atoms with Gasteiger partial charge in [0.05, 0.1) is 16.6 Å². The molecule has 0 aliphatic heterocycles. The van der Waals surface area contributed by atoms with Crippen LogP contribution in [0.2, 0.25) is 10.0 Å². The highest BCUT2D eigenvalue weighted by molar-refractivity contribution is 6.35. The first kappa shape index (κ1) is 24.7. The lowest BCUT2D eigenvalue weighted by molar-refractivity contribution is -0.124. The van der Waals surface area contributed by atoms with Gasteiger partial charge in [0.1, 0.15) is 5.60 Å². The third-order valence-corrected chi connectivity index (χ3v) is 4.70. The number of alkyl carbamates (subject to hydrolysis) is 1. The highest BCUT2D eigenvalue weighted by atomic mass is 35.5. The van der Waals surface area contributed by atoms with Gasteiger partial charge in [-0.15, -0.1) is 0 Å². The second-order valence-corrected chi connectivity index (χ2v) is 8.73. The lowest BCUT2D eigenvalue weighted by Crippen LogP contribution is -2.45. The first-order valence-corrected chi connectivity index (χ1v) is 10.5. The van der Waals surface area contributed by atoms with Crippen LogP contribution in [0.4, 0.5) is 4.79 Å². The van der Waals surface area contributed by atoms with Crippen molar-refractivity contribution in [1.82, 2.24) is 5.32 Å². The van der Waals surface area contributed by atoms with Gasteiger partial charge in [-0.05, 0) is 57.4 Å². The Morgan fingerprint density at radius 2 is 1.71 bits per heavy atom. The van der Waals surface area contributed by atoms with Crippen LogP contribution < -0.4 is 5.32 Å². The fraction of sp³-hybridized carbons (Fsp3) is 0.348. The van der Waals surface area contributed by atoms with Gasteiger partial charge in [0.15, 0.2) is 12.4 Å². The predicted octanol–water partition coefficient (Wildman–Crippen LogP) is 5.25. The average Bonchev–Trinajstić information content (AvgIpc) is 2.70. The monoisotopic (exact) mass is 465 g/mol. The van der Waals surface area contributed by atoms with Crippen LogP contribution in [0.5, 0.6) is 0 Å². The molecule has 0 saturated heterocycles. The molecule has 1 atom stereocenters. The topological polar surface area (TPSA) is 81.7 Å². The molecule has 2 aromatic rings. The highest BCUT2D eigenvalue weighted by Gasteiger charge is 2.25. The van der Waals surface area contributed by atoms with Crippen LogP contribution >= 0.6 is 23.2 Å². The molecule has 1 unspecified atom stereocenters. The number of ether oxygens (including phenoxy) is 2. The zero-order valence-electron chi connectivity index (χ0n) is 17.6. The van der Waals surface area contributed by atoms with E-state index in [2.05, 4.69) is 5.32 Å². The van der Waals surface area contributed by atoms with Crippen molar-refractivity contribution in [2.24, 2.45) is 0 Å². The maximum Gasteiger partial charge on any atom is 0.408 e. The molecule has 1 amide bonds. The van der Waals surface area contributed by atoms with Crippen molar-refractivity contribution in [3.05, 3.63) is 69.7 Å². The van der Waals surface area contributed by atoms with E-state index in [9.17, 15) is 14.4 Å². The summed E-state index contributed by atoms with van der Waals surface area (Å²) >= 11 is 11.9. The zero-order valence-corrected chi connectivity index (χ0v) is 19.1. The Labute approximate surface area is 191 Å². The molecule has 0 bridgehead atoms. The highest BCUT2D eigenvalue weighted by Crippen LogP contribution is 2.21. The molecular weight excluding hydrogens is 441 g/mol. The van der Waals surface area contributed by atoms with Crippen molar-refractivity contribution >= 4 is 41.0 Å². The molecule has 0 fully saturated rings. The van der Waals surface area contributed by atoms with Crippen LogP contribution in [0.1, 0.15) is 43.1 Å². The lowest BCUT2D eigenvalue weighted by Gasteiger charge is -2.23. The summed E-state index contributed by atoms with van der Waals surface area (Å²) in [7, 11) is 0. The second-order valence-electron chi connectivity index (χ2n) is 7.89. The Hall–Kier alpha value is -2.57. The summed E-state index contributed by atoms with van der Waals surface area (Å²) in [5.41, 5.74) is 0.351. The number of halogens is 2. The predicted molar refractivity (Wildman–Crippen MR) is 120 cm³/mol. The minimum absolute atomic E-state index is 0.0582. The maximum absolute atomic E-state index is 12.7. The lowest BCUT2D eigenvalue weighted by atomic mass is 10.0. The molecule has 0 spiro atoms. The molecule has 1 N–H and O–H groups in total. The van der Waals surface area contributed by atoms with Crippen molar-refractivity contribution < 1.29 is 23.9 Å². The van der Waals surface area contributed by atoms with E-state index in [1.165, 1.54) is 18.2 Å². The number of carbonyl (C=O) groups is 3. The number of hydrogen-bond acceptors (Lipinski definition) is 5. The van der Waals surface area contributed by atoms with Gasteiger partial charge >= 0.3 is 12.1 Å². The molecular formula is C23H25Cl2NO5. The minimum Gasteiger partial charge on any atom is -0.454 e. The number of benzene rings is 2. The number of nitrogens with one attached hydrogen (secondary N) is 1. The van der Waals surface area contributed by atoms with E-state index in [0.717, 1.165) is 5.56 Å². The molecule has 2 rings (SSSR count). The van der Waals surface area contributed by atoms with Crippen LogP contribution in [-0.2, 0) is 20.7 Å². The third-order valence-electron chi connectivity index (χ3n) is 4.14. The van der Waals surface area contributed by atoms with Crippen LogP contribution in [0.25, 0.3) is 0 Å². The summed E-state index contributed by atoms with van der Waals surface area (Å²) in [5, 5.41) is 3.05. The number of Topliss-reactive ketones (excluding diaryl/α,β-unsaturated/α-hetero) is 1. The molecule has 6 nitrogen and oxygen atoms in total. The normalized spacial score (nSPS) is 12.0. The van der Waals surface area contributed by atoms with Crippen LogP contribution in [-0.4, -0.2) is 36.1 Å². The van der Waals surface area contributed by atoms with Gasteiger partial charge in [-0.2, -0.15) is 0 Å². The van der Waals surface area contributed by atoms with E-state index in [4.69, 9.17) is 32.7 Å². The molecule has 166 valence electrons. The summed E-state index contributed by atoms with van der Waals surface area (Å²) in [6.45, 7) is 4.65. The number of hydrogen-bond donors (Lipinski definition) is 1. The van der Waals surface area contributed by atoms with Crippen molar-refractivity contribution in [2.75, 3.05) is 6.61 Å². The fourth-order valence-corrected chi connectivity index (χ4v) is 3.05. The van der Waals surface area contributed by atoms with Gasteiger partial charge in [0, 0.05) is 5.02 Å². The SMILES string of the molecule is CC(C)(C)OC(=O)NC(CCc1ccccc1)C(=O)COC(=O)c1cc(Cl)ccc1Cl. The molecule has 0 aliphatic rings. The summed E-state index contributed by atoms with van der Waals surface area (Å²) < 4.78 is 10.4. The van der Waals surface area contributed by atoms with Crippen LogP contribution in [0.15, 0.2) is 48.5 Å². The molecule has 0 heterocycles. The Kier molecular flexibility index (Phi) is 8.89. The fourth-order valence-electron chi connectivity index (χ4n) is 2.69. The third kappa shape index (κ3) is 8.59. The minimum atomic E-state index is -0.891. The molecule has 31 heavy (non-hydrogen) atoms. The van der Waals surface area contributed by atoms with E-state index in [-0.39, 0.29) is 10.6 Å². The molecule has 2 aromatic carbocycles. The van der Waals surface area contributed by atoms with Crippen molar-refractivity contribution in [3.8, 4) is 0 Å². The molecule has 0 aromatic heterocycles. The first-order chi connectivity index (χ1) is 14.5. The zero-order chi connectivity index (χ0) is 23.0. The molecule has 0 saturated carbocycles. The van der Waals surface area contributed by atoms with Gasteiger partial charge in [-0.3, -0.25) is 4.79 Å². The quantitative estimate of drug-likeness (QED) is 0.538. The number of aryl methyl sites for hydroxylation is 1. The smallest absolute Gasteiger partial charge is 0.408 e. The average molecular weight is 466 g/mol. The van der Waals surface area contributed by atoms with E-state index < -0.39 is 36.1 Å². The van der Waals surface area contributed by atoms with E-state index in [0.29, 0.717) is 17.9 Å². The number of ketones is 1. The standard InChI is InChI=1S/C23H25Cl2NO5/c1-23(2,3)31-22(29)26-19(12-9-15-7-5-4-6-8-15)20(27)14-30-21(28)17-13-16(24)10-11-18(17)25/h4-8,10-11,13,19H,9,12,14H2,1-3H3,(H,26,29). The Balaban J connectivity index is 2.04. The van der Waals surface area contributed by atoms with Gasteiger partial charge in [-0.1, -0.05) is 53.5 Å². The Morgan fingerprint density at radius 1 is 1.03 bits per heavy atom. The van der Waals surface area contributed by atoms with Crippen LogP contribution in [0, 0.1) is 0 Å². The van der Waals surface area contributed by atoms with Crippen molar-refractivity contribution in [2.45, 2.75) is 45.3 Å². The Morgan fingerprint density at radius 3 is 2.35 bits per heavy atom. The van der Waals surface area contributed by atoms with Crippen molar-refractivity contribution in [3.63, 3.8) is 0 Å². The van der Waals surface area contributed by atoms with Crippen molar-refractivity contribution in [1.29, 1.82) is 0 Å². The summed E-state index contributed by atoms with van der Waals surface area (Å²) in [6.07, 6.45) is 0.140. The first-order valence-electron chi connectivity index (χ1n) is 9.73. The summed E-state index contributed by atoms with van der Waals surface area (Å²) in [4.78, 5) is 37.3. The number of esters is 1. The van der Waals surface area contributed by atoms with Crippen LogP contribution in [0.3, 0.4) is 0 Å². The van der Waals surface area contributed by atoms with E-state index >= 15 is 0 Å².